The third kappa shape index (κ3) is 4.16. The van der Waals surface area contributed by atoms with Crippen molar-refractivity contribution in [2.45, 2.75) is 32.5 Å². The molecule has 0 aliphatic carbocycles. The van der Waals surface area contributed by atoms with E-state index in [0.29, 0.717) is 13.1 Å². The number of primary amides is 1. The number of carbonyl (C=O) groups is 2. The first-order valence-electron chi connectivity index (χ1n) is 5.28. The van der Waals surface area contributed by atoms with Gasteiger partial charge in [-0.2, -0.15) is 0 Å². The van der Waals surface area contributed by atoms with Crippen molar-refractivity contribution in [3.8, 4) is 0 Å². The smallest absolute Gasteiger partial charge is 0.318 e. The van der Waals surface area contributed by atoms with Gasteiger partial charge in [-0.05, 0) is 20.8 Å². The summed E-state index contributed by atoms with van der Waals surface area (Å²) in [6.45, 7) is 7.41. The van der Waals surface area contributed by atoms with Crippen LogP contribution in [0.2, 0.25) is 0 Å². The van der Waals surface area contributed by atoms with Crippen LogP contribution in [0.15, 0.2) is 0 Å². The zero-order valence-corrected chi connectivity index (χ0v) is 9.95. The first kappa shape index (κ1) is 12.9. The molecular weight excluding hydrogens is 210 g/mol. The van der Waals surface area contributed by atoms with Gasteiger partial charge in [-0.25, -0.2) is 4.79 Å². The maximum absolute atomic E-state index is 11.3. The van der Waals surface area contributed by atoms with E-state index in [1.54, 1.807) is 0 Å². The Balaban J connectivity index is 2.48. The number of nitrogens with one attached hydrogen (secondary N) is 1. The maximum Gasteiger partial charge on any atom is 0.318 e. The fourth-order valence-electron chi connectivity index (χ4n) is 2.09. The summed E-state index contributed by atoms with van der Waals surface area (Å²) in [5, 5.41) is 2.05. The molecule has 0 aromatic heterocycles. The first-order valence-corrected chi connectivity index (χ1v) is 5.28. The molecular formula is C10H19N3O3. The predicted molar refractivity (Wildman–Crippen MR) is 58.8 cm³/mol. The molecule has 1 fully saturated rings. The minimum atomic E-state index is -0.814. The Kier molecular flexibility index (Phi) is 3.88. The van der Waals surface area contributed by atoms with E-state index in [9.17, 15) is 9.59 Å². The number of morpholine rings is 1. The van der Waals surface area contributed by atoms with Crippen LogP contribution >= 0.6 is 0 Å². The third-order valence-electron chi connectivity index (χ3n) is 2.27. The van der Waals surface area contributed by atoms with Crippen molar-refractivity contribution in [2.24, 2.45) is 5.73 Å². The average molecular weight is 229 g/mol. The van der Waals surface area contributed by atoms with Crippen molar-refractivity contribution in [1.82, 2.24) is 10.2 Å². The van der Waals surface area contributed by atoms with E-state index in [4.69, 9.17) is 10.5 Å². The number of rotatable bonds is 2. The lowest BCUT2D eigenvalue weighted by Gasteiger charge is -2.41. The Hall–Kier alpha value is -1.14. The van der Waals surface area contributed by atoms with Gasteiger partial charge in [0.25, 0.3) is 0 Å². The number of nitrogens with two attached hydrogens (primary N) is 1. The highest BCUT2D eigenvalue weighted by Crippen LogP contribution is 2.20. The number of nitrogens with zero attached hydrogens (tertiary/aromatic N) is 1. The molecule has 0 aromatic carbocycles. The van der Waals surface area contributed by atoms with E-state index in [0.717, 1.165) is 0 Å². The molecule has 3 amide bonds. The van der Waals surface area contributed by atoms with Crippen molar-refractivity contribution in [3.05, 3.63) is 0 Å². The molecule has 6 nitrogen and oxygen atoms in total. The summed E-state index contributed by atoms with van der Waals surface area (Å²) in [6.07, 6.45) is 0.0742. The molecule has 1 rings (SSSR count). The van der Waals surface area contributed by atoms with Crippen LogP contribution in [-0.2, 0) is 9.53 Å². The van der Waals surface area contributed by atoms with Crippen molar-refractivity contribution in [2.75, 3.05) is 19.6 Å². The fraction of sp³-hybridized carbons (Fsp3) is 0.800. The molecule has 0 aromatic rings. The van der Waals surface area contributed by atoms with Crippen LogP contribution in [0.3, 0.4) is 0 Å². The topological polar surface area (TPSA) is 84.7 Å². The van der Waals surface area contributed by atoms with E-state index in [2.05, 4.69) is 0 Å². The number of urea groups is 1. The SMILES string of the molecule is CC1CN(CC(=O)NC(N)=O)CC(C)(C)O1. The first-order chi connectivity index (χ1) is 7.28. The highest BCUT2D eigenvalue weighted by molar-refractivity contribution is 5.94. The molecule has 0 bridgehead atoms. The van der Waals surface area contributed by atoms with E-state index in [-0.39, 0.29) is 24.2 Å². The maximum atomic E-state index is 11.3. The van der Waals surface area contributed by atoms with Gasteiger partial charge in [0, 0.05) is 13.1 Å². The van der Waals surface area contributed by atoms with Crippen molar-refractivity contribution in [3.63, 3.8) is 0 Å². The average Bonchev–Trinajstić information content (AvgIpc) is 1.95. The van der Waals surface area contributed by atoms with Gasteiger partial charge < -0.3 is 10.5 Å². The summed E-state index contributed by atoms with van der Waals surface area (Å²) in [7, 11) is 0. The van der Waals surface area contributed by atoms with Gasteiger partial charge in [0.1, 0.15) is 0 Å². The number of amides is 3. The van der Waals surface area contributed by atoms with E-state index in [1.807, 2.05) is 31.0 Å². The van der Waals surface area contributed by atoms with Crippen LogP contribution in [0.25, 0.3) is 0 Å². The largest absolute Gasteiger partial charge is 0.370 e. The molecule has 1 aliphatic rings. The zero-order chi connectivity index (χ0) is 12.3. The van der Waals surface area contributed by atoms with Crippen LogP contribution in [0.4, 0.5) is 4.79 Å². The van der Waals surface area contributed by atoms with E-state index < -0.39 is 6.03 Å². The summed E-state index contributed by atoms with van der Waals surface area (Å²) in [6, 6.07) is -0.814. The zero-order valence-electron chi connectivity index (χ0n) is 9.95. The molecule has 92 valence electrons. The van der Waals surface area contributed by atoms with Crippen molar-refractivity contribution in [1.29, 1.82) is 0 Å². The van der Waals surface area contributed by atoms with Crippen LogP contribution in [0.1, 0.15) is 20.8 Å². The van der Waals surface area contributed by atoms with Gasteiger partial charge in [-0.1, -0.05) is 0 Å². The number of carbonyl (C=O) groups excluding carboxylic acids is 2. The van der Waals surface area contributed by atoms with Gasteiger partial charge in [-0.15, -0.1) is 0 Å². The molecule has 16 heavy (non-hydrogen) atoms. The van der Waals surface area contributed by atoms with Crippen LogP contribution in [0, 0.1) is 0 Å². The quantitative estimate of drug-likeness (QED) is 0.679. The van der Waals surface area contributed by atoms with Gasteiger partial charge in [-0.3, -0.25) is 15.0 Å². The van der Waals surface area contributed by atoms with Crippen LogP contribution in [0.5, 0.6) is 0 Å². The van der Waals surface area contributed by atoms with Gasteiger partial charge >= 0.3 is 6.03 Å². The number of ether oxygens (including phenoxy) is 1. The van der Waals surface area contributed by atoms with Crippen LogP contribution < -0.4 is 11.1 Å². The van der Waals surface area contributed by atoms with E-state index in [1.165, 1.54) is 0 Å². The standard InChI is InChI=1S/C10H19N3O3/c1-7-4-13(6-10(2,3)16-7)5-8(14)12-9(11)15/h7H,4-6H2,1-3H3,(H3,11,12,14,15). The predicted octanol–water partition coefficient (Wildman–Crippen LogP) is -0.319. The summed E-state index contributed by atoms with van der Waals surface area (Å²) in [5.41, 5.74) is 4.59. The Morgan fingerprint density at radius 1 is 1.56 bits per heavy atom. The van der Waals surface area contributed by atoms with Gasteiger partial charge in [0.2, 0.25) is 5.91 Å². The molecule has 1 atom stereocenters. The molecule has 0 spiro atoms. The highest BCUT2D eigenvalue weighted by atomic mass is 16.5. The molecule has 1 aliphatic heterocycles. The molecule has 1 heterocycles. The number of imide groups is 1. The van der Waals surface area contributed by atoms with Crippen molar-refractivity contribution >= 4 is 11.9 Å². The Morgan fingerprint density at radius 3 is 2.69 bits per heavy atom. The molecule has 1 saturated heterocycles. The Bertz CT molecular complexity index is 291. The van der Waals surface area contributed by atoms with Gasteiger partial charge in [0.05, 0.1) is 18.2 Å². The molecule has 6 heteroatoms. The highest BCUT2D eigenvalue weighted by Gasteiger charge is 2.32. The normalized spacial score (nSPS) is 25.1. The second-order valence-corrected chi connectivity index (χ2v) is 4.77. The number of hydrogen-bond acceptors (Lipinski definition) is 4. The Morgan fingerprint density at radius 2 is 2.19 bits per heavy atom. The second kappa shape index (κ2) is 4.80. The lowest BCUT2D eigenvalue weighted by molar-refractivity contribution is -0.138. The minimum Gasteiger partial charge on any atom is -0.370 e. The van der Waals surface area contributed by atoms with Gasteiger partial charge in [0.15, 0.2) is 0 Å². The molecule has 0 radical (unpaired) electrons. The van der Waals surface area contributed by atoms with Crippen LogP contribution in [-0.4, -0.2) is 48.2 Å². The minimum absolute atomic E-state index is 0.0742. The third-order valence-corrected chi connectivity index (χ3v) is 2.27. The van der Waals surface area contributed by atoms with Crippen molar-refractivity contribution < 1.29 is 14.3 Å². The molecule has 0 saturated carbocycles. The lowest BCUT2D eigenvalue weighted by atomic mass is 10.1. The second-order valence-electron chi connectivity index (χ2n) is 4.77. The molecule has 1 unspecified atom stereocenters. The fourth-order valence-corrected chi connectivity index (χ4v) is 2.09. The summed E-state index contributed by atoms with van der Waals surface area (Å²) < 4.78 is 5.70. The van der Waals surface area contributed by atoms with E-state index >= 15 is 0 Å². The lowest BCUT2D eigenvalue weighted by Crippen LogP contribution is -2.54. The summed E-state index contributed by atoms with van der Waals surface area (Å²) >= 11 is 0. The summed E-state index contributed by atoms with van der Waals surface area (Å²) in [5.74, 6) is -0.377. The monoisotopic (exact) mass is 229 g/mol. The Labute approximate surface area is 95.1 Å². The summed E-state index contributed by atoms with van der Waals surface area (Å²) in [4.78, 5) is 23.8. The molecule has 3 N–H and O–H groups in total. The number of hydrogen-bond donors (Lipinski definition) is 2.